The summed E-state index contributed by atoms with van der Waals surface area (Å²) in [5, 5.41) is 0. The van der Waals surface area contributed by atoms with Gasteiger partial charge in [-0.1, -0.05) is 48.5 Å². The van der Waals surface area contributed by atoms with E-state index in [-0.39, 0.29) is 43.5 Å². The molecule has 5 nitrogen and oxygen atoms in total. The summed E-state index contributed by atoms with van der Waals surface area (Å²) in [6, 6.07) is 19.2. The predicted octanol–water partition coefficient (Wildman–Crippen LogP) is 2.76. The molecule has 0 bridgehead atoms. The molecule has 25 heavy (non-hydrogen) atoms. The lowest BCUT2D eigenvalue weighted by molar-refractivity contribution is -0.138. The maximum Gasteiger partial charge on any atom is 0.229 e. The lowest BCUT2D eigenvalue weighted by Gasteiger charge is -2.24. The van der Waals surface area contributed by atoms with Gasteiger partial charge >= 0.3 is 0 Å². The number of para-hydroxylation sites is 1. The number of amides is 3. The molecule has 3 amide bonds. The van der Waals surface area contributed by atoms with E-state index in [4.69, 9.17) is 0 Å². The number of hydrogen-bond acceptors (Lipinski definition) is 3. The van der Waals surface area contributed by atoms with Crippen LogP contribution in [0.5, 0.6) is 0 Å². The number of rotatable bonds is 6. The fourth-order valence-corrected chi connectivity index (χ4v) is 2.91. The van der Waals surface area contributed by atoms with Crippen molar-refractivity contribution in [1.82, 2.24) is 4.90 Å². The van der Waals surface area contributed by atoms with Gasteiger partial charge in [0.25, 0.3) is 0 Å². The Bertz CT molecular complexity index is 743. The predicted molar refractivity (Wildman–Crippen MR) is 94.6 cm³/mol. The van der Waals surface area contributed by atoms with Crippen LogP contribution in [-0.2, 0) is 20.9 Å². The van der Waals surface area contributed by atoms with Gasteiger partial charge in [0, 0.05) is 31.5 Å². The Hall–Kier alpha value is -2.95. The van der Waals surface area contributed by atoms with E-state index in [0.29, 0.717) is 6.54 Å². The van der Waals surface area contributed by atoms with Crippen molar-refractivity contribution in [3.05, 3.63) is 66.2 Å². The molecule has 0 spiro atoms. The Balaban J connectivity index is 1.73. The van der Waals surface area contributed by atoms with Crippen LogP contribution in [0.25, 0.3) is 0 Å². The highest BCUT2D eigenvalue weighted by Crippen LogP contribution is 2.19. The van der Waals surface area contributed by atoms with Gasteiger partial charge in [-0.05, 0) is 17.7 Å². The molecule has 1 saturated heterocycles. The molecule has 0 radical (unpaired) electrons. The number of nitrogens with zero attached hydrogens (tertiary/aromatic N) is 2. The standard InChI is InChI=1S/C20H20N2O3/c23-18-11-12-19(24)21(18)14-13-20(25)22(17-9-5-2-6-10-17)15-16-7-3-1-4-8-16/h1-10H,11-15H2. The van der Waals surface area contributed by atoms with Crippen LogP contribution in [0.4, 0.5) is 5.69 Å². The van der Waals surface area contributed by atoms with Crippen LogP contribution in [0, 0.1) is 0 Å². The third-order valence-corrected chi connectivity index (χ3v) is 4.26. The van der Waals surface area contributed by atoms with Crippen LogP contribution in [-0.4, -0.2) is 29.2 Å². The first-order valence-corrected chi connectivity index (χ1v) is 8.37. The Morgan fingerprint density at radius 1 is 0.880 bits per heavy atom. The molecule has 1 aliphatic heterocycles. The van der Waals surface area contributed by atoms with E-state index in [0.717, 1.165) is 11.3 Å². The Morgan fingerprint density at radius 2 is 1.44 bits per heavy atom. The lowest BCUT2D eigenvalue weighted by Crippen LogP contribution is -2.36. The summed E-state index contributed by atoms with van der Waals surface area (Å²) in [6.45, 7) is 0.597. The number of carbonyl (C=O) groups excluding carboxylic acids is 3. The zero-order valence-corrected chi connectivity index (χ0v) is 13.9. The molecule has 3 rings (SSSR count). The number of hydrogen-bond donors (Lipinski definition) is 0. The number of benzene rings is 2. The third-order valence-electron chi connectivity index (χ3n) is 4.26. The van der Waals surface area contributed by atoms with Crippen LogP contribution < -0.4 is 4.90 Å². The van der Waals surface area contributed by atoms with Crippen molar-refractivity contribution in [3.63, 3.8) is 0 Å². The Labute approximate surface area is 146 Å². The maximum atomic E-state index is 12.8. The summed E-state index contributed by atoms with van der Waals surface area (Å²) in [4.78, 5) is 39.1. The molecule has 0 atom stereocenters. The highest BCUT2D eigenvalue weighted by atomic mass is 16.2. The average Bonchev–Trinajstić information content (AvgIpc) is 2.97. The van der Waals surface area contributed by atoms with Crippen molar-refractivity contribution in [3.8, 4) is 0 Å². The molecule has 0 unspecified atom stereocenters. The first-order chi connectivity index (χ1) is 12.1. The molecule has 0 saturated carbocycles. The minimum Gasteiger partial charge on any atom is -0.308 e. The fraction of sp³-hybridized carbons (Fsp3) is 0.250. The molecule has 1 fully saturated rings. The van der Waals surface area contributed by atoms with Gasteiger partial charge in [-0.2, -0.15) is 0 Å². The summed E-state index contributed by atoms with van der Waals surface area (Å²) in [5.74, 6) is -0.484. The minimum absolute atomic E-state index is 0.109. The summed E-state index contributed by atoms with van der Waals surface area (Å²) in [6.07, 6.45) is 0.623. The van der Waals surface area contributed by atoms with Gasteiger partial charge in [0.1, 0.15) is 0 Å². The molecule has 128 valence electrons. The van der Waals surface area contributed by atoms with Crippen molar-refractivity contribution < 1.29 is 14.4 Å². The monoisotopic (exact) mass is 336 g/mol. The molecule has 2 aromatic carbocycles. The van der Waals surface area contributed by atoms with Crippen LogP contribution in [0.2, 0.25) is 0 Å². The first-order valence-electron chi connectivity index (χ1n) is 8.37. The molecule has 0 aliphatic carbocycles. The van der Waals surface area contributed by atoms with E-state index >= 15 is 0 Å². The Kier molecular flexibility index (Phi) is 5.23. The van der Waals surface area contributed by atoms with E-state index in [1.807, 2.05) is 60.7 Å². The van der Waals surface area contributed by atoms with Gasteiger partial charge in [0.15, 0.2) is 0 Å². The summed E-state index contributed by atoms with van der Waals surface area (Å²) in [5.41, 5.74) is 1.82. The first kappa shape index (κ1) is 16.9. The molecule has 0 N–H and O–H groups in total. The van der Waals surface area contributed by atoms with Crippen LogP contribution in [0.1, 0.15) is 24.8 Å². The van der Waals surface area contributed by atoms with E-state index in [9.17, 15) is 14.4 Å². The van der Waals surface area contributed by atoms with Crippen molar-refractivity contribution in [2.45, 2.75) is 25.8 Å². The largest absolute Gasteiger partial charge is 0.308 e. The summed E-state index contributed by atoms with van der Waals surface area (Å²) in [7, 11) is 0. The maximum absolute atomic E-state index is 12.8. The van der Waals surface area contributed by atoms with Crippen LogP contribution >= 0.6 is 0 Å². The molecule has 5 heteroatoms. The molecule has 1 aliphatic rings. The van der Waals surface area contributed by atoms with E-state index in [1.165, 1.54) is 4.90 Å². The van der Waals surface area contributed by atoms with Gasteiger partial charge in [-0.15, -0.1) is 0 Å². The second kappa shape index (κ2) is 7.75. The van der Waals surface area contributed by atoms with Gasteiger partial charge < -0.3 is 4.90 Å². The second-order valence-electron chi connectivity index (χ2n) is 5.99. The number of anilines is 1. The molecular formula is C20H20N2O3. The Morgan fingerprint density at radius 3 is 2.04 bits per heavy atom. The van der Waals surface area contributed by atoms with Gasteiger partial charge in [-0.25, -0.2) is 0 Å². The fourth-order valence-electron chi connectivity index (χ4n) is 2.91. The van der Waals surface area contributed by atoms with Gasteiger partial charge in [-0.3, -0.25) is 19.3 Å². The minimum atomic E-state index is -0.188. The van der Waals surface area contributed by atoms with Crippen molar-refractivity contribution in [2.24, 2.45) is 0 Å². The van der Waals surface area contributed by atoms with Crippen LogP contribution in [0.15, 0.2) is 60.7 Å². The van der Waals surface area contributed by atoms with Crippen molar-refractivity contribution in [1.29, 1.82) is 0 Å². The zero-order valence-electron chi connectivity index (χ0n) is 13.9. The number of carbonyl (C=O) groups is 3. The van der Waals surface area contributed by atoms with Crippen LogP contribution in [0.3, 0.4) is 0 Å². The highest BCUT2D eigenvalue weighted by Gasteiger charge is 2.29. The number of likely N-dealkylation sites (tertiary alicyclic amines) is 1. The second-order valence-corrected chi connectivity index (χ2v) is 5.99. The van der Waals surface area contributed by atoms with E-state index in [1.54, 1.807) is 4.90 Å². The average molecular weight is 336 g/mol. The SMILES string of the molecule is O=C1CCC(=O)N1CCC(=O)N(Cc1ccccc1)c1ccccc1. The normalized spacial score (nSPS) is 14.0. The zero-order chi connectivity index (χ0) is 17.6. The number of imide groups is 1. The van der Waals surface area contributed by atoms with E-state index in [2.05, 4.69) is 0 Å². The smallest absolute Gasteiger partial charge is 0.229 e. The molecule has 0 aromatic heterocycles. The molecule has 2 aromatic rings. The molecular weight excluding hydrogens is 316 g/mol. The highest BCUT2D eigenvalue weighted by molar-refractivity contribution is 6.02. The van der Waals surface area contributed by atoms with Crippen molar-refractivity contribution in [2.75, 3.05) is 11.4 Å². The van der Waals surface area contributed by atoms with Gasteiger partial charge in [0.2, 0.25) is 17.7 Å². The van der Waals surface area contributed by atoms with Crippen molar-refractivity contribution >= 4 is 23.4 Å². The molecule has 1 heterocycles. The topological polar surface area (TPSA) is 57.7 Å². The summed E-state index contributed by atoms with van der Waals surface area (Å²) >= 11 is 0. The van der Waals surface area contributed by atoms with E-state index < -0.39 is 0 Å². The third kappa shape index (κ3) is 4.12. The van der Waals surface area contributed by atoms with Gasteiger partial charge in [0.05, 0.1) is 6.54 Å². The lowest BCUT2D eigenvalue weighted by atomic mass is 10.2. The quantitative estimate of drug-likeness (QED) is 0.762. The summed E-state index contributed by atoms with van der Waals surface area (Å²) < 4.78 is 0.